The zero-order chi connectivity index (χ0) is 25.3. The second-order valence-electron chi connectivity index (χ2n) is 8.04. The van der Waals surface area contributed by atoms with Gasteiger partial charge in [-0.1, -0.05) is 18.2 Å². The SMILES string of the molecule is Cc1cc(C)cc(N2C(=O)NC(=O)/C(=C\c3cc(I)c(OCc4cccc(F)c4)c(I)c3)C2=O)c1. The molecule has 1 saturated heterocycles. The molecule has 1 aliphatic rings. The van der Waals surface area contributed by atoms with Gasteiger partial charge in [-0.2, -0.15) is 0 Å². The van der Waals surface area contributed by atoms with Crippen LogP contribution in [-0.2, 0) is 16.2 Å². The van der Waals surface area contributed by atoms with Crippen LogP contribution in [0.3, 0.4) is 0 Å². The summed E-state index contributed by atoms with van der Waals surface area (Å²) in [6.07, 6.45) is 1.46. The molecule has 0 aromatic heterocycles. The first-order valence-electron chi connectivity index (χ1n) is 10.5. The Hall–Kier alpha value is -2.80. The number of amides is 4. The predicted octanol–water partition coefficient (Wildman–Crippen LogP) is 5.90. The summed E-state index contributed by atoms with van der Waals surface area (Å²) in [5, 5.41) is 2.25. The van der Waals surface area contributed by atoms with E-state index in [1.54, 1.807) is 36.4 Å². The van der Waals surface area contributed by atoms with Gasteiger partial charge in [0.1, 0.15) is 23.7 Å². The quantitative estimate of drug-likeness (QED) is 0.205. The molecule has 0 unspecified atom stereocenters. The number of imide groups is 2. The monoisotopic (exact) mass is 696 g/mol. The highest BCUT2D eigenvalue weighted by atomic mass is 127. The molecule has 0 atom stereocenters. The molecule has 3 aromatic rings. The fourth-order valence-electron chi connectivity index (χ4n) is 3.72. The minimum atomic E-state index is -0.785. The van der Waals surface area contributed by atoms with Crippen molar-refractivity contribution in [2.24, 2.45) is 0 Å². The smallest absolute Gasteiger partial charge is 0.335 e. The van der Waals surface area contributed by atoms with Crippen molar-refractivity contribution in [2.75, 3.05) is 4.90 Å². The highest BCUT2D eigenvalue weighted by Crippen LogP contribution is 2.31. The van der Waals surface area contributed by atoms with Crippen LogP contribution in [0.1, 0.15) is 22.3 Å². The molecule has 4 amide bonds. The van der Waals surface area contributed by atoms with Crippen molar-refractivity contribution in [3.8, 4) is 5.75 Å². The molecule has 4 rings (SSSR count). The number of halogens is 3. The van der Waals surface area contributed by atoms with Crippen molar-refractivity contribution >= 4 is 74.8 Å². The fourth-order valence-corrected chi connectivity index (χ4v) is 5.85. The van der Waals surface area contributed by atoms with E-state index in [0.717, 1.165) is 23.2 Å². The van der Waals surface area contributed by atoms with Gasteiger partial charge >= 0.3 is 6.03 Å². The molecular formula is C26H19FI2N2O4. The van der Waals surface area contributed by atoms with Gasteiger partial charge in [-0.3, -0.25) is 14.9 Å². The Labute approximate surface area is 228 Å². The third-order valence-corrected chi connectivity index (χ3v) is 6.77. The molecule has 0 aliphatic carbocycles. The van der Waals surface area contributed by atoms with Crippen molar-refractivity contribution in [1.29, 1.82) is 0 Å². The summed E-state index contributed by atoms with van der Waals surface area (Å²) in [5.41, 5.74) is 3.33. The van der Waals surface area contributed by atoms with E-state index in [2.05, 4.69) is 50.5 Å². The lowest BCUT2D eigenvalue weighted by Crippen LogP contribution is -2.54. The van der Waals surface area contributed by atoms with E-state index in [4.69, 9.17) is 4.74 Å². The molecule has 0 radical (unpaired) electrons. The highest BCUT2D eigenvalue weighted by Gasteiger charge is 2.37. The summed E-state index contributed by atoms with van der Waals surface area (Å²) in [6.45, 7) is 3.93. The number of carbonyl (C=O) groups excluding carboxylic acids is 3. The van der Waals surface area contributed by atoms with Crippen molar-refractivity contribution in [3.63, 3.8) is 0 Å². The van der Waals surface area contributed by atoms with Gasteiger partial charge in [0.25, 0.3) is 11.8 Å². The van der Waals surface area contributed by atoms with E-state index in [1.807, 2.05) is 19.9 Å². The maximum atomic E-state index is 13.4. The van der Waals surface area contributed by atoms with Gasteiger partial charge in [-0.15, -0.1) is 0 Å². The molecule has 0 spiro atoms. The van der Waals surface area contributed by atoms with E-state index in [9.17, 15) is 18.8 Å². The number of carbonyl (C=O) groups is 3. The Morgan fingerprint density at radius 1 is 0.971 bits per heavy atom. The lowest BCUT2D eigenvalue weighted by molar-refractivity contribution is -0.122. The molecule has 1 fully saturated rings. The number of barbiturate groups is 1. The maximum absolute atomic E-state index is 13.4. The molecule has 1 N–H and O–H groups in total. The number of nitrogens with zero attached hydrogens (tertiary/aromatic N) is 1. The lowest BCUT2D eigenvalue weighted by atomic mass is 10.1. The summed E-state index contributed by atoms with van der Waals surface area (Å²) in [5.74, 6) is -1.16. The number of hydrogen-bond donors (Lipinski definition) is 1. The molecule has 1 aliphatic heterocycles. The maximum Gasteiger partial charge on any atom is 0.335 e. The van der Waals surface area contributed by atoms with Crippen LogP contribution in [0.4, 0.5) is 14.9 Å². The summed E-state index contributed by atoms with van der Waals surface area (Å²) in [7, 11) is 0. The first-order valence-corrected chi connectivity index (χ1v) is 12.6. The van der Waals surface area contributed by atoms with Crippen LogP contribution in [0.5, 0.6) is 5.75 Å². The van der Waals surface area contributed by atoms with Gasteiger partial charge < -0.3 is 4.74 Å². The van der Waals surface area contributed by atoms with Gasteiger partial charge in [0, 0.05) is 0 Å². The van der Waals surface area contributed by atoms with Gasteiger partial charge in [0.05, 0.1) is 12.8 Å². The third kappa shape index (κ3) is 5.72. The molecule has 3 aromatic carbocycles. The molecule has 178 valence electrons. The van der Waals surface area contributed by atoms with Gasteiger partial charge in [0.15, 0.2) is 0 Å². The van der Waals surface area contributed by atoms with Crippen LogP contribution >= 0.6 is 45.2 Å². The zero-order valence-corrected chi connectivity index (χ0v) is 23.0. The molecule has 35 heavy (non-hydrogen) atoms. The van der Waals surface area contributed by atoms with Crippen LogP contribution in [0.2, 0.25) is 0 Å². The molecule has 0 saturated carbocycles. The Morgan fingerprint density at radius 3 is 2.26 bits per heavy atom. The summed E-state index contributed by atoms with van der Waals surface area (Å²) >= 11 is 4.21. The normalized spacial score (nSPS) is 14.9. The first-order chi connectivity index (χ1) is 16.6. The third-order valence-electron chi connectivity index (χ3n) is 5.17. The van der Waals surface area contributed by atoms with Crippen LogP contribution < -0.4 is 15.0 Å². The molecule has 6 nitrogen and oxygen atoms in total. The largest absolute Gasteiger partial charge is 0.487 e. The van der Waals surface area contributed by atoms with Crippen LogP contribution in [0.15, 0.2) is 60.2 Å². The standard InChI is InChI=1S/C26H19FI2N2O4/c1-14-6-15(2)8-19(7-14)31-25(33)20(24(32)30-26(31)34)10-17-11-21(28)23(22(29)12-17)35-13-16-4-3-5-18(27)9-16/h3-12H,13H2,1-2H3,(H,30,32,34)/b20-10+. The lowest BCUT2D eigenvalue weighted by Gasteiger charge is -2.27. The first kappa shape index (κ1) is 25.3. The minimum absolute atomic E-state index is 0.149. The van der Waals surface area contributed by atoms with Crippen LogP contribution in [-0.4, -0.2) is 17.8 Å². The number of hydrogen-bond acceptors (Lipinski definition) is 4. The summed E-state index contributed by atoms with van der Waals surface area (Å²) in [4.78, 5) is 39.2. The number of urea groups is 1. The Kier molecular flexibility index (Phi) is 7.55. The van der Waals surface area contributed by atoms with Gasteiger partial charge in [0.2, 0.25) is 0 Å². The van der Waals surface area contributed by atoms with Gasteiger partial charge in [-0.25, -0.2) is 14.1 Å². The number of anilines is 1. The van der Waals surface area contributed by atoms with Crippen molar-refractivity contribution in [3.05, 3.63) is 95.4 Å². The molecular weight excluding hydrogens is 677 g/mol. The van der Waals surface area contributed by atoms with E-state index < -0.39 is 17.8 Å². The van der Waals surface area contributed by atoms with Gasteiger partial charge in [-0.05, 0) is 124 Å². The topological polar surface area (TPSA) is 75.7 Å². The average Bonchev–Trinajstić information content (AvgIpc) is 2.75. The Balaban J connectivity index is 1.62. The van der Waals surface area contributed by atoms with Crippen LogP contribution in [0, 0.1) is 26.8 Å². The highest BCUT2D eigenvalue weighted by molar-refractivity contribution is 14.1. The van der Waals surface area contributed by atoms with Crippen molar-refractivity contribution in [2.45, 2.75) is 20.5 Å². The Bertz CT molecular complexity index is 1360. The minimum Gasteiger partial charge on any atom is -0.487 e. The van der Waals surface area contributed by atoms with Crippen molar-refractivity contribution in [1.82, 2.24) is 5.32 Å². The van der Waals surface area contributed by atoms with E-state index in [0.29, 0.717) is 22.6 Å². The second-order valence-corrected chi connectivity index (χ2v) is 10.4. The average molecular weight is 696 g/mol. The number of aryl methyl sites for hydroxylation is 2. The Morgan fingerprint density at radius 2 is 1.63 bits per heavy atom. The van der Waals surface area contributed by atoms with E-state index in [1.165, 1.54) is 18.2 Å². The van der Waals surface area contributed by atoms with Crippen molar-refractivity contribution < 1.29 is 23.5 Å². The fraction of sp³-hybridized carbons (Fsp3) is 0.115. The number of nitrogens with one attached hydrogen (secondary N) is 1. The molecule has 9 heteroatoms. The predicted molar refractivity (Wildman–Crippen MR) is 148 cm³/mol. The second kappa shape index (κ2) is 10.4. The van der Waals surface area contributed by atoms with E-state index in [-0.39, 0.29) is 18.0 Å². The molecule has 1 heterocycles. The summed E-state index contributed by atoms with van der Waals surface area (Å²) in [6, 6.07) is 14.3. The van der Waals surface area contributed by atoms with Crippen LogP contribution in [0.25, 0.3) is 6.08 Å². The number of benzene rings is 3. The zero-order valence-electron chi connectivity index (χ0n) is 18.7. The number of rotatable bonds is 5. The summed E-state index contributed by atoms with van der Waals surface area (Å²) < 4.78 is 20.9. The molecule has 0 bridgehead atoms. The number of ether oxygens (including phenoxy) is 1. The van der Waals surface area contributed by atoms with E-state index >= 15 is 0 Å².